The first-order chi connectivity index (χ1) is 13.5. The second-order valence-electron chi connectivity index (χ2n) is 7.30. The molecule has 1 unspecified atom stereocenters. The Hall–Kier alpha value is -2.66. The molecule has 5 heteroatoms. The van der Waals surface area contributed by atoms with Crippen molar-refractivity contribution in [2.45, 2.75) is 45.9 Å². The number of carbonyl (C=O) groups excluding carboxylic acids is 1. The minimum Gasteiger partial charge on any atom is -0.367 e. The van der Waals surface area contributed by atoms with Crippen LogP contribution in [0.3, 0.4) is 0 Å². The van der Waals surface area contributed by atoms with Gasteiger partial charge in [0.2, 0.25) is 5.91 Å². The van der Waals surface area contributed by atoms with Crippen molar-refractivity contribution in [1.29, 1.82) is 0 Å². The van der Waals surface area contributed by atoms with Crippen molar-refractivity contribution in [2.24, 2.45) is 5.92 Å². The van der Waals surface area contributed by atoms with Crippen LogP contribution in [0.1, 0.15) is 44.4 Å². The number of anilines is 1. The zero-order valence-electron chi connectivity index (χ0n) is 17.0. The summed E-state index contributed by atoms with van der Waals surface area (Å²) >= 11 is 0. The maximum absolute atomic E-state index is 11.9. The third-order valence-electron chi connectivity index (χ3n) is 4.29. The van der Waals surface area contributed by atoms with E-state index in [-0.39, 0.29) is 18.1 Å². The summed E-state index contributed by atoms with van der Waals surface area (Å²) in [6.07, 6.45) is 4.09. The van der Waals surface area contributed by atoms with Gasteiger partial charge < -0.3 is 15.4 Å². The van der Waals surface area contributed by atoms with Crippen LogP contribution in [0.15, 0.2) is 61.3 Å². The number of amides is 1. The van der Waals surface area contributed by atoms with E-state index in [9.17, 15) is 4.79 Å². The van der Waals surface area contributed by atoms with Crippen LogP contribution in [0.4, 0.5) is 5.82 Å². The highest BCUT2D eigenvalue weighted by Crippen LogP contribution is 2.28. The fraction of sp³-hybridized carbons (Fsp3) is 0.391. The van der Waals surface area contributed by atoms with Gasteiger partial charge in [0.05, 0.1) is 12.6 Å². The van der Waals surface area contributed by atoms with Crippen LogP contribution in [0.2, 0.25) is 0 Å². The minimum absolute atomic E-state index is 0.0574. The molecule has 28 heavy (non-hydrogen) atoms. The summed E-state index contributed by atoms with van der Waals surface area (Å²) in [4.78, 5) is 16.2. The van der Waals surface area contributed by atoms with E-state index >= 15 is 0 Å². The topological polar surface area (TPSA) is 63.2 Å². The predicted molar refractivity (Wildman–Crippen MR) is 114 cm³/mol. The van der Waals surface area contributed by atoms with Crippen LogP contribution >= 0.6 is 0 Å². The Labute approximate surface area is 168 Å². The highest BCUT2D eigenvalue weighted by molar-refractivity contribution is 5.73. The van der Waals surface area contributed by atoms with Crippen molar-refractivity contribution in [3.8, 4) is 0 Å². The molecule has 0 spiro atoms. The summed E-state index contributed by atoms with van der Waals surface area (Å²) in [5, 5.41) is 6.30. The summed E-state index contributed by atoms with van der Waals surface area (Å²) < 4.78 is 6.35. The Balaban J connectivity index is 2.29. The zero-order chi connectivity index (χ0) is 20.4. The van der Waals surface area contributed by atoms with Gasteiger partial charge >= 0.3 is 0 Å². The molecule has 1 amide bonds. The number of nitrogens with one attached hydrogen (secondary N) is 2. The van der Waals surface area contributed by atoms with E-state index < -0.39 is 0 Å². The second-order valence-corrected chi connectivity index (χ2v) is 7.30. The van der Waals surface area contributed by atoms with Crippen molar-refractivity contribution >= 4 is 11.7 Å². The molecule has 0 fully saturated rings. The summed E-state index contributed by atoms with van der Waals surface area (Å²) in [5.74, 6) is 1.12. The van der Waals surface area contributed by atoms with Gasteiger partial charge in [0.15, 0.2) is 0 Å². The van der Waals surface area contributed by atoms with Gasteiger partial charge in [-0.15, -0.1) is 6.58 Å². The smallest absolute Gasteiger partial charge is 0.217 e. The van der Waals surface area contributed by atoms with Crippen molar-refractivity contribution < 1.29 is 9.53 Å². The van der Waals surface area contributed by atoms with Crippen molar-refractivity contribution in [3.05, 3.63) is 72.4 Å². The molecule has 2 N–H and O–H groups in total. The number of nitrogens with zero attached hydrogens (tertiary/aromatic N) is 1. The van der Waals surface area contributed by atoms with Gasteiger partial charge in [0, 0.05) is 19.7 Å². The highest BCUT2D eigenvalue weighted by Gasteiger charge is 2.26. The molecule has 0 aliphatic carbocycles. The van der Waals surface area contributed by atoms with Gasteiger partial charge in [-0.1, -0.05) is 50.3 Å². The van der Waals surface area contributed by atoms with Crippen molar-refractivity contribution in [2.75, 3.05) is 11.9 Å². The minimum atomic E-state index is -0.279. The Kier molecular flexibility index (Phi) is 8.69. The second kappa shape index (κ2) is 11.2. The van der Waals surface area contributed by atoms with Crippen LogP contribution in [0.5, 0.6) is 0 Å². The molecule has 1 aromatic heterocycles. The maximum atomic E-state index is 11.9. The molecular weight excluding hydrogens is 350 g/mol. The first-order valence-electron chi connectivity index (χ1n) is 9.73. The normalized spacial score (nSPS) is 13.0. The molecule has 0 aliphatic heterocycles. The van der Waals surface area contributed by atoms with E-state index in [0.29, 0.717) is 19.1 Å². The molecule has 0 saturated carbocycles. The lowest BCUT2D eigenvalue weighted by molar-refractivity contribution is -0.121. The number of pyridine rings is 1. The molecule has 0 bridgehead atoms. The lowest BCUT2D eigenvalue weighted by atomic mass is 9.94. The Bertz CT molecular complexity index is 747. The molecular formula is C23H31N3O2. The van der Waals surface area contributed by atoms with E-state index in [0.717, 1.165) is 23.4 Å². The summed E-state index contributed by atoms with van der Waals surface area (Å²) in [5.41, 5.74) is 2.08. The first-order valence-corrected chi connectivity index (χ1v) is 9.73. The van der Waals surface area contributed by atoms with E-state index in [1.165, 1.54) is 0 Å². The largest absolute Gasteiger partial charge is 0.367 e. The summed E-state index contributed by atoms with van der Waals surface area (Å²) in [6, 6.07) is 13.9. The molecule has 1 aromatic carbocycles. The van der Waals surface area contributed by atoms with Gasteiger partial charge in [-0.3, -0.25) is 4.79 Å². The van der Waals surface area contributed by atoms with Gasteiger partial charge in [-0.2, -0.15) is 0 Å². The average Bonchev–Trinajstić information content (AvgIpc) is 2.66. The SMILES string of the molecule is C=CCNc1cc(C(OCc2ccccc2)[C@H](CC(C)C)NC(C)=O)ccn1. The first kappa shape index (κ1) is 21.6. The van der Waals surface area contributed by atoms with Crippen LogP contribution in [-0.4, -0.2) is 23.5 Å². The Morgan fingerprint density at radius 1 is 1.25 bits per heavy atom. The highest BCUT2D eigenvalue weighted by atomic mass is 16.5. The van der Waals surface area contributed by atoms with E-state index in [1.807, 2.05) is 42.5 Å². The molecule has 1 heterocycles. The summed E-state index contributed by atoms with van der Waals surface area (Å²) in [7, 11) is 0. The van der Waals surface area contributed by atoms with Gasteiger partial charge in [0.25, 0.3) is 0 Å². The van der Waals surface area contributed by atoms with Crippen molar-refractivity contribution in [1.82, 2.24) is 10.3 Å². The van der Waals surface area contributed by atoms with Gasteiger partial charge in [0.1, 0.15) is 11.9 Å². The quantitative estimate of drug-likeness (QED) is 0.563. The number of hydrogen-bond acceptors (Lipinski definition) is 4. The van der Waals surface area contributed by atoms with E-state index in [1.54, 1.807) is 19.2 Å². The van der Waals surface area contributed by atoms with Crippen molar-refractivity contribution in [3.63, 3.8) is 0 Å². The molecule has 150 valence electrons. The molecule has 5 nitrogen and oxygen atoms in total. The van der Waals surface area contributed by atoms with Crippen LogP contribution in [0.25, 0.3) is 0 Å². The van der Waals surface area contributed by atoms with E-state index in [4.69, 9.17) is 4.74 Å². The van der Waals surface area contributed by atoms with Crippen LogP contribution in [-0.2, 0) is 16.1 Å². The lowest BCUT2D eigenvalue weighted by Crippen LogP contribution is -2.40. The standard InChI is InChI=1S/C23H31N3O2/c1-5-12-24-22-15-20(11-13-25-22)23(21(14-17(2)3)26-18(4)27)28-16-19-9-7-6-8-10-19/h5-11,13,15,17,21,23H,1,12,14,16H2,2-4H3,(H,24,25)(H,26,27)/t21-,23?/m0/s1. The monoisotopic (exact) mass is 381 g/mol. The number of hydrogen-bond donors (Lipinski definition) is 2. The Morgan fingerprint density at radius 3 is 2.64 bits per heavy atom. The number of rotatable bonds is 11. The molecule has 2 atom stereocenters. The number of benzene rings is 1. The fourth-order valence-corrected chi connectivity index (χ4v) is 3.13. The van der Waals surface area contributed by atoms with Gasteiger partial charge in [-0.05, 0) is 35.6 Å². The average molecular weight is 382 g/mol. The maximum Gasteiger partial charge on any atom is 0.217 e. The zero-order valence-corrected chi connectivity index (χ0v) is 17.0. The molecule has 2 rings (SSSR count). The summed E-state index contributed by atoms with van der Waals surface area (Å²) in [6.45, 7) is 10.7. The molecule has 0 aliphatic rings. The predicted octanol–water partition coefficient (Wildman–Crippen LogP) is 4.49. The fourth-order valence-electron chi connectivity index (χ4n) is 3.13. The third kappa shape index (κ3) is 7.16. The molecule has 0 saturated heterocycles. The third-order valence-corrected chi connectivity index (χ3v) is 4.29. The molecule has 0 radical (unpaired) electrons. The number of aromatic nitrogens is 1. The van der Waals surface area contributed by atoms with Crippen LogP contribution < -0.4 is 10.6 Å². The van der Waals surface area contributed by atoms with Crippen LogP contribution in [0, 0.1) is 5.92 Å². The van der Waals surface area contributed by atoms with Gasteiger partial charge in [-0.25, -0.2) is 4.98 Å². The van der Waals surface area contributed by atoms with E-state index in [2.05, 4.69) is 36.0 Å². The number of carbonyl (C=O) groups is 1. The lowest BCUT2D eigenvalue weighted by Gasteiger charge is -2.30. The molecule has 2 aromatic rings. The Morgan fingerprint density at radius 2 is 2.00 bits per heavy atom. The number of ether oxygens (including phenoxy) is 1.